The average molecular weight is 311 g/mol. The quantitative estimate of drug-likeness (QED) is 0.560. The SMILES string of the molecule is CNCCOCCO.O=CCSC1Cc2ccccc2C1. The molecule has 0 fully saturated rings. The Morgan fingerprint density at radius 2 is 2.00 bits per heavy atom. The van der Waals surface area contributed by atoms with Crippen LogP contribution in [0.1, 0.15) is 11.1 Å². The van der Waals surface area contributed by atoms with Gasteiger partial charge in [0.2, 0.25) is 0 Å². The van der Waals surface area contributed by atoms with Crippen molar-refractivity contribution in [2.75, 3.05) is 39.2 Å². The monoisotopic (exact) mass is 311 g/mol. The predicted octanol–water partition coefficient (Wildman–Crippen LogP) is 1.30. The zero-order valence-corrected chi connectivity index (χ0v) is 13.4. The third-order valence-electron chi connectivity index (χ3n) is 3.15. The highest BCUT2D eigenvalue weighted by Gasteiger charge is 2.20. The molecule has 0 aliphatic heterocycles. The molecule has 0 atom stereocenters. The van der Waals surface area contributed by atoms with Gasteiger partial charge in [-0.1, -0.05) is 24.3 Å². The van der Waals surface area contributed by atoms with Crippen LogP contribution in [0.15, 0.2) is 24.3 Å². The van der Waals surface area contributed by atoms with Gasteiger partial charge >= 0.3 is 0 Å². The molecule has 2 N–H and O–H groups in total. The molecule has 0 aromatic heterocycles. The van der Waals surface area contributed by atoms with E-state index in [0.29, 0.717) is 24.2 Å². The first-order valence-corrected chi connectivity index (χ1v) is 8.32. The van der Waals surface area contributed by atoms with Gasteiger partial charge in [0, 0.05) is 17.5 Å². The maximum absolute atomic E-state index is 10.2. The summed E-state index contributed by atoms with van der Waals surface area (Å²) in [6, 6.07) is 8.56. The zero-order valence-electron chi connectivity index (χ0n) is 12.6. The van der Waals surface area contributed by atoms with Crippen LogP contribution < -0.4 is 5.32 Å². The first-order chi connectivity index (χ1) is 10.3. The molecule has 0 radical (unpaired) electrons. The summed E-state index contributed by atoms with van der Waals surface area (Å²) < 4.78 is 4.91. The Morgan fingerprint density at radius 1 is 1.33 bits per heavy atom. The Hall–Kier alpha value is -0.880. The molecule has 1 aromatic rings. The molecule has 0 bridgehead atoms. The average Bonchev–Trinajstić information content (AvgIpc) is 2.93. The molecule has 0 saturated carbocycles. The number of nitrogens with one attached hydrogen (secondary N) is 1. The van der Waals surface area contributed by atoms with Crippen LogP contribution in [0.25, 0.3) is 0 Å². The smallest absolute Gasteiger partial charge is 0.129 e. The van der Waals surface area contributed by atoms with Gasteiger partial charge in [-0.05, 0) is 31.0 Å². The van der Waals surface area contributed by atoms with Crippen LogP contribution in [0.5, 0.6) is 0 Å². The van der Waals surface area contributed by atoms with Gasteiger partial charge < -0.3 is 20.0 Å². The fourth-order valence-electron chi connectivity index (χ4n) is 2.15. The van der Waals surface area contributed by atoms with Gasteiger partial charge in [-0.25, -0.2) is 0 Å². The van der Waals surface area contributed by atoms with Crippen LogP contribution in [0.3, 0.4) is 0 Å². The summed E-state index contributed by atoms with van der Waals surface area (Å²) in [4.78, 5) is 10.2. The van der Waals surface area contributed by atoms with Crippen LogP contribution in [0.2, 0.25) is 0 Å². The Bertz CT molecular complexity index is 370. The molecular weight excluding hydrogens is 286 g/mol. The number of aliphatic hydroxyl groups excluding tert-OH is 1. The van der Waals surface area contributed by atoms with E-state index in [1.54, 1.807) is 11.8 Å². The van der Waals surface area contributed by atoms with E-state index in [2.05, 4.69) is 29.6 Å². The number of carbonyl (C=O) groups is 1. The van der Waals surface area contributed by atoms with E-state index in [0.717, 1.165) is 25.7 Å². The lowest BCUT2D eigenvalue weighted by Crippen LogP contribution is -2.15. The number of thioether (sulfide) groups is 1. The highest BCUT2D eigenvalue weighted by Crippen LogP contribution is 2.29. The molecule has 118 valence electrons. The van der Waals surface area contributed by atoms with Crippen molar-refractivity contribution in [3.63, 3.8) is 0 Å². The second-order valence-corrected chi connectivity index (χ2v) is 6.07. The summed E-state index contributed by atoms with van der Waals surface area (Å²) in [5.41, 5.74) is 2.93. The number of hydrogen-bond acceptors (Lipinski definition) is 5. The van der Waals surface area contributed by atoms with Gasteiger partial charge in [-0.3, -0.25) is 0 Å². The molecule has 0 heterocycles. The van der Waals surface area contributed by atoms with Gasteiger partial charge in [0.15, 0.2) is 0 Å². The lowest BCUT2D eigenvalue weighted by atomic mass is 10.1. The maximum Gasteiger partial charge on any atom is 0.129 e. The molecule has 1 aromatic carbocycles. The molecule has 21 heavy (non-hydrogen) atoms. The molecule has 4 nitrogen and oxygen atoms in total. The first kappa shape index (κ1) is 18.2. The molecule has 0 amide bonds. The van der Waals surface area contributed by atoms with Crippen molar-refractivity contribution in [2.45, 2.75) is 18.1 Å². The number of fused-ring (bicyclic) bond motifs is 1. The summed E-state index contributed by atoms with van der Waals surface area (Å²) in [6.07, 6.45) is 3.26. The number of hydrogen-bond donors (Lipinski definition) is 2. The van der Waals surface area contributed by atoms with Crippen LogP contribution in [0, 0.1) is 0 Å². The third-order valence-corrected chi connectivity index (χ3v) is 4.28. The summed E-state index contributed by atoms with van der Waals surface area (Å²) >= 11 is 1.77. The van der Waals surface area contributed by atoms with Crippen LogP contribution in [0.4, 0.5) is 0 Å². The number of aliphatic hydroxyl groups is 1. The highest BCUT2D eigenvalue weighted by atomic mass is 32.2. The number of rotatable bonds is 8. The number of ether oxygens (including phenoxy) is 1. The lowest BCUT2D eigenvalue weighted by Gasteiger charge is -2.03. The number of likely N-dealkylation sites (N-methyl/N-ethyl adjacent to an activating group) is 1. The highest BCUT2D eigenvalue weighted by molar-refractivity contribution is 8.00. The Labute approximate surface area is 131 Å². The number of carbonyl (C=O) groups excluding carboxylic acids is 1. The van der Waals surface area contributed by atoms with E-state index in [9.17, 15) is 4.79 Å². The van der Waals surface area contributed by atoms with E-state index < -0.39 is 0 Å². The van der Waals surface area contributed by atoms with Crippen molar-refractivity contribution in [2.24, 2.45) is 0 Å². The Kier molecular flexibility index (Phi) is 10.2. The summed E-state index contributed by atoms with van der Waals surface area (Å²) in [6.45, 7) is 2.09. The molecule has 0 spiro atoms. The van der Waals surface area contributed by atoms with E-state index >= 15 is 0 Å². The van der Waals surface area contributed by atoms with Crippen LogP contribution in [-0.4, -0.2) is 55.8 Å². The van der Waals surface area contributed by atoms with Gasteiger partial charge in [0.1, 0.15) is 6.29 Å². The zero-order chi connectivity index (χ0) is 15.3. The van der Waals surface area contributed by atoms with E-state index in [1.165, 1.54) is 11.1 Å². The first-order valence-electron chi connectivity index (χ1n) is 7.27. The fourth-order valence-corrected chi connectivity index (χ4v) is 3.10. The van der Waals surface area contributed by atoms with E-state index in [-0.39, 0.29) is 6.61 Å². The summed E-state index contributed by atoms with van der Waals surface area (Å²) in [5.74, 6) is 0.638. The van der Waals surface area contributed by atoms with Crippen molar-refractivity contribution >= 4 is 18.0 Å². The van der Waals surface area contributed by atoms with Crippen molar-refractivity contribution in [3.05, 3.63) is 35.4 Å². The second kappa shape index (κ2) is 11.7. The largest absolute Gasteiger partial charge is 0.394 e. The Balaban J connectivity index is 0.000000240. The fraction of sp³-hybridized carbons (Fsp3) is 0.562. The summed E-state index contributed by atoms with van der Waals surface area (Å²) in [7, 11) is 1.86. The minimum Gasteiger partial charge on any atom is -0.394 e. The molecule has 0 unspecified atom stereocenters. The van der Waals surface area contributed by atoms with Crippen LogP contribution >= 0.6 is 11.8 Å². The van der Waals surface area contributed by atoms with Gasteiger partial charge in [-0.2, -0.15) is 11.8 Å². The molecule has 0 saturated heterocycles. The van der Waals surface area contributed by atoms with Crippen molar-refractivity contribution in [3.8, 4) is 0 Å². The molecule has 2 rings (SSSR count). The molecular formula is C16H25NO3S. The van der Waals surface area contributed by atoms with Crippen molar-refractivity contribution in [1.82, 2.24) is 5.32 Å². The Morgan fingerprint density at radius 3 is 2.52 bits per heavy atom. The standard InChI is InChI=1S/C11H12OS.C5H13NO2/c12-5-6-13-11-7-9-3-1-2-4-10(9)8-11;1-6-2-4-8-5-3-7/h1-5,11H,6-8H2;6-7H,2-5H2,1H3. The molecule has 1 aliphatic rings. The normalized spacial score (nSPS) is 13.4. The minimum atomic E-state index is 0.115. The maximum atomic E-state index is 10.2. The predicted molar refractivity (Wildman–Crippen MR) is 88.0 cm³/mol. The van der Waals surface area contributed by atoms with Crippen LogP contribution in [-0.2, 0) is 22.4 Å². The lowest BCUT2D eigenvalue weighted by molar-refractivity contribution is -0.105. The van der Waals surface area contributed by atoms with Gasteiger partial charge in [-0.15, -0.1) is 0 Å². The second-order valence-electron chi connectivity index (χ2n) is 4.74. The van der Waals surface area contributed by atoms with Gasteiger partial charge in [0.05, 0.1) is 19.8 Å². The topological polar surface area (TPSA) is 58.6 Å². The van der Waals surface area contributed by atoms with E-state index in [1.807, 2.05) is 7.05 Å². The molecule has 5 heteroatoms. The molecule has 1 aliphatic carbocycles. The number of benzene rings is 1. The summed E-state index contributed by atoms with van der Waals surface area (Å²) in [5, 5.41) is 11.8. The van der Waals surface area contributed by atoms with Crippen molar-refractivity contribution < 1.29 is 14.6 Å². The van der Waals surface area contributed by atoms with E-state index in [4.69, 9.17) is 9.84 Å². The van der Waals surface area contributed by atoms with Crippen molar-refractivity contribution in [1.29, 1.82) is 0 Å². The third kappa shape index (κ3) is 7.62. The minimum absolute atomic E-state index is 0.115. The number of aldehydes is 1. The van der Waals surface area contributed by atoms with Gasteiger partial charge in [0.25, 0.3) is 0 Å².